The first kappa shape index (κ1) is 27.2. The molecule has 2 N–H and O–H groups in total. The number of aryl methyl sites for hydroxylation is 1. The summed E-state index contributed by atoms with van der Waals surface area (Å²) in [7, 11) is 0. The van der Waals surface area contributed by atoms with E-state index >= 15 is 0 Å². The summed E-state index contributed by atoms with van der Waals surface area (Å²) in [6, 6.07) is 12.7. The van der Waals surface area contributed by atoms with Gasteiger partial charge in [0.2, 0.25) is 5.91 Å². The third kappa shape index (κ3) is 6.30. The second-order valence-corrected chi connectivity index (χ2v) is 10.9. The fraction of sp³-hybridized carbons (Fsp3) is 0.400. The molecular weight excluding hydrogens is 516 g/mol. The molecular formula is C30H33ClN4O4. The molecule has 5 rings (SSSR count). The predicted molar refractivity (Wildman–Crippen MR) is 148 cm³/mol. The zero-order valence-electron chi connectivity index (χ0n) is 22.2. The minimum Gasteiger partial charge on any atom is -0.391 e. The van der Waals surface area contributed by atoms with E-state index in [0.717, 1.165) is 60.6 Å². The maximum Gasteiger partial charge on any atom is 0.254 e. The number of amides is 2. The van der Waals surface area contributed by atoms with Crippen LogP contribution < -0.4 is 5.32 Å². The maximum absolute atomic E-state index is 13.3. The molecule has 0 saturated carbocycles. The van der Waals surface area contributed by atoms with Crippen LogP contribution in [-0.2, 0) is 22.5 Å². The number of nitrogens with zero attached hydrogens (tertiary/aromatic N) is 3. The number of aliphatic hydroxyl groups excluding tert-OH is 1. The highest BCUT2D eigenvalue weighted by Gasteiger charge is 2.31. The predicted octanol–water partition coefficient (Wildman–Crippen LogP) is 4.27. The Balaban J connectivity index is 1.28. The van der Waals surface area contributed by atoms with Crippen molar-refractivity contribution in [3.63, 3.8) is 0 Å². The summed E-state index contributed by atoms with van der Waals surface area (Å²) < 4.78 is 5.45. The molecule has 2 atom stereocenters. The number of nitrogens with one attached hydrogen (secondary N) is 1. The van der Waals surface area contributed by atoms with Gasteiger partial charge < -0.3 is 20.1 Å². The van der Waals surface area contributed by atoms with Gasteiger partial charge >= 0.3 is 0 Å². The third-order valence-electron chi connectivity index (χ3n) is 7.40. The highest BCUT2D eigenvalue weighted by atomic mass is 35.5. The molecule has 2 aliphatic heterocycles. The van der Waals surface area contributed by atoms with Crippen molar-refractivity contribution < 1.29 is 19.4 Å². The molecule has 1 fully saturated rings. The largest absolute Gasteiger partial charge is 0.391 e. The van der Waals surface area contributed by atoms with Crippen LogP contribution in [0.25, 0.3) is 11.3 Å². The van der Waals surface area contributed by atoms with Crippen LogP contribution in [0, 0.1) is 12.8 Å². The molecule has 2 aromatic carbocycles. The summed E-state index contributed by atoms with van der Waals surface area (Å²) >= 11 is 6.48. The number of benzene rings is 2. The van der Waals surface area contributed by atoms with Crippen LogP contribution in [0.15, 0.2) is 48.7 Å². The summed E-state index contributed by atoms with van der Waals surface area (Å²) in [5.41, 5.74) is 4.56. The number of carbonyl (C=O) groups is 2. The van der Waals surface area contributed by atoms with E-state index in [1.807, 2.05) is 43.3 Å². The Morgan fingerprint density at radius 3 is 2.77 bits per heavy atom. The first-order chi connectivity index (χ1) is 18.8. The number of hydrogen-bond donors (Lipinski definition) is 2. The van der Waals surface area contributed by atoms with Crippen LogP contribution in [0.5, 0.6) is 0 Å². The normalized spacial score (nSPS) is 17.1. The van der Waals surface area contributed by atoms with Gasteiger partial charge in [0.05, 0.1) is 22.9 Å². The van der Waals surface area contributed by atoms with Crippen LogP contribution in [0.1, 0.15) is 58.7 Å². The van der Waals surface area contributed by atoms with E-state index in [2.05, 4.69) is 10.3 Å². The fourth-order valence-corrected chi connectivity index (χ4v) is 5.49. The van der Waals surface area contributed by atoms with Crippen molar-refractivity contribution >= 4 is 23.4 Å². The molecule has 0 unspecified atom stereocenters. The van der Waals surface area contributed by atoms with Gasteiger partial charge in [-0.05, 0) is 49.8 Å². The summed E-state index contributed by atoms with van der Waals surface area (Å²) in [5.74, 6) is 0.653. The number of aromatic nitrogens is 2. The van der Waals surface area contributed by atoms with E-state index in [0.29, 0.717) is 28.7 Å². The maximum atomic E-state index is 13.3. The minimum absolute atomic E-state index is 0.110. The van der Waals surface area contributed by atoms with Crippen molar-refractivity contribution in [2.24, 2.45) is 5.92 Å². The second-order valence-electron chi connectivity index (χ2n) is 10.5. The van der Waals surface area contributed by atoms with Gasteiger partial charge in [0.15, 0.2) is 0 Å². The van der Waals surface area contributed by atoms with E-state index in [1.54, 1.807) is 19.2 Å². The first-order valence-corrected chi connectivity index (χ1v) is 13.7. The molecule has 2 amide bonds. The van der Waals surface area contributed by atoms with E-state index < -0.39 is 12.1 Å². The Morgan fingerprint density at radius 1 is 1.23 bits per heavy atom. The summed E-state index contributed by atoms with van der Waals surface area (Å²) in [5, 5.41) is 13.6. The van der Waals surface area contributed by atoms with Crippen molar-refractivity contribution in [3.8, 4) is 11.3 Å². The number of ether oxygens (including phenoxy) is 1. The zero-order chi connectivity index (χ0) is 27.5. The van der Waals surface area contributed by atoms with Crippen LogP contribution in [-0.4, -0.2) is 57.7 Å². The minimum atomic E-state index is -0.793. The number of hydrogen-bond acceptors (Lipinski definition) is 6. The van der Waals surface area contributed by atoms with Crippen LogP contribution in [0.4, 0.5) is 0 Å². The average Bonchev–Trinajstić information content (AvgIpc) is 3.23. The Morgan fingerprint density at radius 2 is 2.03 bits per heavy atom. The number of rotatable bonds is 8. The smallest absolute Gasteiger partial charge is 0.254 e. The fourth-order valence-electron chi connectivity index (χ4n) is 5.29. The van der Waals surface area contributed by atoms with Gasteiger partial charge in [-0.25, -0.2) is 9.97 Å². The Kier molecular flexibility index (Phi) is 8.26. The molecule has 0 radical (unpaired) electrons. The molecule has 1 saturated heterocycles. The standard InChI is InChI=1S/C30H33ClN4O4/c1-18-4-3-5-21(12-18)28(19(2)36)34-27(37)17-35-16-23-7-6-22(14-24(23)30(35)38)29-25(31)15-32-26(33-29)13-20-8-10-39-11-9-20/h3-7,12,14-15,19-20,28,36H,8-11,13,16-17H2,1-2H3,(H,34,37)/t19-,28+/m0/s1. The monoisotopic (exact) mass is 548 g/mol. The zero-order valence-corrected chi connectivity index (χ0v) is 22.9. The lowest BCUT2D eigenvalue weighted by Gasteiger charge is -2.24. The molecule has 1 aromatic heterocycles. The lowest BCUT2D eigenvalue weighted by atomic mass is 9.96. The van der Waals surface area contributed by atoms with Crippen LogP contribution in [0.3, 0.4) is 0 Å². The lowest BCUT2D eigenvalue weighted by molar-refractivity contribution is -0.123. The Bertz CT molecular complexity index is 1370. The molecule has 0 aliphatic carbocycles. The molecule has 0 spiro atoms. The summed E-state index contributed by atoms with van der Waals surface area (Å²) in [6.07, 6.45) is 3.56. The number of halogens is 1. The van der Waals surface area contributed by atoms with Gasteiger partial charge in [-0.15, -0.1) is 0 Å². The van der Waals surface area contributed by atoms with Crippen molar-refractivity contribution in [3.05, 3.63) is 81.8 Å². The average molecular weight is 549 g/mol. The highest BCUT2D eigenvalue weighted by Crippen LogP contribution is 2.31. The molecule has 2 aliphatic rings. The SMILES string of the molecule is Cc1cccc([C@H](NC(=O)CN2Cc3ccc(-c4nc(CC5CCOCC5)ncc4Cl)cc3C2=O)[C@H](C)O)c1. The van der Waals surface area contributed by atoms with Crippen molar-refractivity contribution in [1.29, 1.82) is 0 Å². The topological polar surface area (TPSA) is 105 Å². The van der Waals surface area contributed by atoms with Crippen molar-refractivity contribution in [1.82, 2.24) is 20.2 Å². The first-order valence-electron chi connectivity index (χ1n) is 13.3. The second kappa shape index (κ2) is 11.8. The van der Waals surface area contributed by atoms with E-state index in [9.17, 15) is 14.7 Å². The number of fused-ring (bicyclic) bond motifs is 1. The van der Waals surface area contributed by atoms with Gasteiger partial charge in [0.25, 0.3) is 5.91 Å². The van der Waals surface area contributed by atoms with E-state index in [4.69, 9.17) is 21.3 Å². The summed E-state index contributed by atoms with van der Waals surface area (Å²) in [6.45, 7) is 5.34. The van der Waals surface area contributed by atoms with E-state index in [-0.39, 0.29) is 18.4 Å². The molecule has 39 heavy (non-hydrogen) atoms. The Hall–Kier alpha value is -3.33. The lowest BCUT2D eigenvalue weighted by Crippen LogP contribution is -2.41. The Labute approximate surface area is 233 Å². The number of aliphatic hydroxyl groups is 1. The van der Waals surface area contributed by atoms with Crippen LogP contribution >= 0.6 is 11.6 Å². The quantitative estimate of drug-likeness (QED) is 0.435. The number of carbonyl (C=O) groups excluding carboxylic acids is 2. The molecule has 8 nitrogen and oxygen atoms in total. The van der Waals surface area contributed by atoms with Crippen LogP contribution in [0.2, 0.25) is 5.02 Å². The summed E-state index contributed by atoms with van der Waals surface area (Å²) in [4.78, 5) is 36.9. The van der Waals surface area contributed by atoms with E-state index in [1.165, 1.54) is 4.90 Å². The highest BCUT2D eigenvalue weighted by molar-refractivity contribution is 6.32. The van der Waals surface area contributed by atoms with Crippen molar-refractivity contribution in [2.75, 3.05) is 19.8 Å². The molecule has 9 heteroatoms. The molecule has 3 heterocycles. The molecule has 0 bridgehead atoms. The third-order valence-corrected chi connectivity index (χ3v) is 7.68. The van der Waals surface area contributed by atoms with Gasteiger partial charge in [-0.3, -0.25) is 9.59 Å². The van der Waals surface area contributed by atoms with Gasteiger partial charge in [0, 0.05) is 43.5 Å². The molecule has 3 aromatic rings. The van der Waals surface area contributed by atoms with Gasteiger partial charge in [-0.1, -0.05) is 53.6 Å². The van der Waals surface area contributed by atoms with Gasteiger partial charge in [0.1, 0.15) is 12.4 Å². The molecule has 204 valence electrons. The van der Waals surface area contributed by atoms with Crippen molar-refractivity contribution in [2.45, 2.75) is 51.8 Å². The van der Waals surface area contributed by atoms with Gasteiger partial charge in [-0.2, -0.15) is 0 Å².